The van der Waals surface area contributed by atoms with Crippen molar-refractivity contribution in [3.05, 3.63) is 64.4 Å². The molecule has 2 aromatic carbocycles. The van der Waals surface area contributed by atoms with Crippen molar-refractivity contribution in [3.63, 3.8) is 0 Å². The first-order chi connectivity index (χ1) is 9.54. The minimum Gasteiger partial charge on any atom is -0.327 e. The number of hydrogen-bond acceptors (Lipinski definition) is 2. The molecule has 2 N–H and O–H groups in total. The maximum Gasteiger partial charge on any atom is 0.141 e. The van der Waals surface area contributed by atoms with Crippen molar-refractivity contribution in [1.82, 2.24) is 0 Å². The average Bonchev–Trinajstić information content (AvgIpc) is 2.42. The molecule has 1 atom stereocenters. The topological polar surface area (TPSA) is 26.0 Å². The maximum absolute atomic E-state index is 13.1. The Balaban J connectivity index is 1.87. The van der Waals surface area contributed by atoms with Crippen molar-refractivity contribution in [3.8, 4) is 0 Å². The van der Waals surface area contributed by atoms with Gasteiger partial charge in [-0.05, 0) is 43.2 Å². The molecule has 0 saturated heterocycles. The molecule has 20 heavy (non-hydrogen) atoms. The van der Waals surface area contributed by atoms with Crippen LogP contribution >= 0.6 is 23.4 Å². The number of thioether (sulfide) groups is 1. The van der Waals surface area contributed by atoms with Gasteiger partial charge in [-0.3, -0.25) is 0 Å². The Kier molecular flexibility index (Phi) is 5.46. The van der Waals surface area contributed by atoms with Gasteiger partial charge in [0.2, 0.25) is 0 Å². The molecule has 0 heterocycles. The van der Waals surface area contributed by atoms with Gasteiger partial charge in [0.15, 0.2) is 0 Å². The van der Waals surface area contributed by atoms with Crippen LogP contribution in [0.5, 0.6) is 0 Å². The van der Waals surface area contributed by atoms with Gasteiger partial charge in [-0.1, -0.05) is 35.4 Å². The average molecular weight is 310 g/mol. The van der Waals surface area contributed by atoms with E-state index in [9.17, 15) is 4.39 Å². The molecule has 0 aromatic heterocycles. The third-order valence-electron chi connectivity index (χ3n) is 2.97. The number of benzene rings is 2. The van der Waals surface area contributed by atoms with Crippen molar-refractivity contribution in [1.29, 1.82) is 0 Å². The van der Waals surface area contributed by atoms with E-state index in [1.54, 1.807) is 23.9 Å². The van der Waals surface area contributed by atoms with Crippen LogP contribution in [0, 0.1) is 12.7 Å². The van der Waals surface area contributed by atoms with Crippen LogP contribution in [0.15, 0.2) is 47.4 Å². The zero-order valence-corrected chi connectivity index (χ0v) is 12.8. The Bertz CT molecular complexity index is 571. The second-order valence-electron chi connectivity index (χ2n) is 4.84. The Morgan fingerprint density at radius 2 is 1.90 bits per heavy atom. The smallest absolute Gasteiger partial charge is 0.141 e. The summed E-state index contributed by atoms with van der Waals surface area (Å²) in [5, 5.41) is 0.154. The third-order valence-corrected chi connectivity index (χ3v) is 4.46. The van der Waals surface area contributed by atoms with E-state index in [1.807, 2.05) is 0 Å². The highest BCUT2D eigenvalue weighted by molar-refractivity contribution is 7.99. The fourth-order valence-electron chi connectivity index (χ4n) is 1.87. The second kappa shape index (κ2) is 7.11. The lowest BCUT2D eigenvalue weighted by Crippen LogP contribution is -2.25. The first kappa shape index (κ1) is 15.4. The molecule has 0 saturated carbocycles. The molecule has 1 nitrogen and oxygen atoms in total. The number of rotatable bonds is 5. The van der Waals surface area contributed by atoms with E-state index in [-0.39, 0.29) is 11.1 Å². The van der Waals surface area contributed by atoms with Crippen LogP contribution in [0.3, 0.4) is 0 Å². The minimum absolute atomic E-state index is 0.0165. The van der Waals surface area contributed by atoms with Gasteiger partial charge in [0.05, 0.1) is 5.02 Å². The number of aryl methyl sites for hydroxylation is 1. The van der Waals surface area contributed by atoms with Crippen molar-refractivity contribution in [2.45, 2.75) is 24.3 Å². The molecule has 0 radical (unpaired) electrons. The Hall–Kier alpha value is -1.03. The summed E-state index contributed by atoms with van der Waals surface area (Å²) in [7, 11) is 0. The Morgan fingerprint density at radius 3 is 2.55 bits per heavy atom. The van der Waals surface area contributed by atoms with E-state index in [0.29, 0.717) is 6.42 Å². The number of halogens is 2. The monoisotopic (exact) mass is 309 g/mol. The number of hydrogen-bond donors (Lipinski definition) is 1. The van der Waals surface area contributed by atoms with Crippen molar-refractivity contribution in [2.24, 2.45) is 5.73 Å². The largest absolute Gasteiger partial charge is 0.327 e. The molecule has 0 aliphatic carbocycles. The minimum atomic E-state index is -0.391. The third kappa shape index (κ3) is 4.51. The highest BCUT2D eigenvalue weighted by Gasteiger charge is 2.07. The van der Waals surface area contributed by atoms with Gasteiger partial charge in [0, 0.05) is 16.7 Å². The summed E-state index contributed by atoms with van der Waals surface area (Å²) < 4.78 is 13.1. The van der Waals surface area contributed by atoms with Gasteiger partial charge in [-0.2, -0.15) is 0 Å². The molecule has 0 amide bonds. The van der Waals surface area contributed by atoms with Crippen molar-refractivity contribution >= 4 is 23.4 Å². The van der Waals surface area contributed by atoms with Gasteiger partial charge in [0.1, 0.15) is 5.82 Å². The van der Waals surface area contributed by atoms with E-state index in [0.717, 1.165) is 11.3 Å². The maximum atomic E-state index is 13.1. The molecule has 2 rings (SSSR count). The van der Waals surface area contributed by atoms with E-state index in [2.05, 4.69) is 31.2 Å². The molecular formula is C16H17ClFNS. The van der Waals surface area contributed by atoms with Gasteiger partial charge in [-0.25, -0.2) is 4.39 Å². The van der Waals surface area contributed by atoms with Crippen molar-refractivity contribution in [2.75, 3.05) is 5.75 Å². The summed E-state index contributed by atoms with van der Waals surface area (Å²) in [5.74, 6) is 0.427. The first-order valence-electron chi connectivity index (χ1n) is 6.43. The molecule has 2 aromatic rings. The normalized spacial score (nSPS) is 12.4. The summed E-state index contributed by atoms with van der Waals surface area (Å²) in [6.45, 7) is 2.07. The Labute approximate surface area is 128 Å². The molecule has 106 valence electrons. The van der Waals surface area contributed by atoms with Crippen molar-refractivity contribution < 1.29 is 4.39 Å². The lowest BCUT2D eigenvalue weighted by Gasteiger charge is -2.12. The zero-order valence-electron chi connectivity index (χ0n) is 11.3. The lowest BCUT2D eigenvalue weighted by atomic mass is 10.1. The standard InChI is InChI=1S/C16H17ClFNS/c1-11-2-5-14(6-3-11)20-10-13(19)8-12-4-7-16(18)15(17)9-12/h2-7,9,13H,8,10,19H2,1H3. The molecule has 0 aliphatic heterocycles. The molecule has 0 aliphatic rings. The number of nitrogens with two attached hydrogens (primary N) is 1. The quantitative estimate of drug-likeness (QED) is 0.826. The highest BCUT2D eigenvalue weighted by atomic mass is 35.5. The van der Waals surface area contributed by atoms with Gasteiger partial charge in [0.25, 0.3) is 0 Å². The SMILES string of the molecule is Cc1ccc(SCC(N)Cc2ccc(F)c(Cl)c2)cc1. The summed E-state index contributed by atoms with van der Waals surface area (Å²) in [6.07, 6.45) is 0.693. The summed E-state index contributed by atoms with van der Waals surface area (Å²) >= 11 is 7.50. The fraction of sp³-hybridized carbons (Fsp3) is 0.250. The lowest BCUT2D eigenvalue weighted by molar-refractivity contribution is 0.626. The second-order valence-corrected chi connectivity index (χ2v) is 6.34. The molecule has 4 heteroatoms. The van der Waals surface area contributed by atoms with Gasteiger partial charge >= 0.3 is 0 Å². The molecule has 0 bridgehead atoms. The van der Waals surface area contributed by atoms with E-state index < -0.39 is 5.82 Å². The summed E-state index contributed by atoms with van der Waals surface area (Å²) in [5.41, 5.74) is 8.33. The Morgan fingerprint density at radius 1 is 1.20 bits per heavy atom. The summed E-state index contributed by atoms with van der Waals surface area (Å²) in [4.78, 5) is 1.21. The summed E-state index contributed by atoms with van der Waals surface area (Å²) in [6, 6.07) is 13.2. The predicted molar refractivity (Wildman–Crippen MR) is 85.0 cm³/mol. The molecular weight excluding hydrogens is 293 g/mol. The van der Waals surface area contributed by atoms with Crippen LogP contribution in [0.4, 0.5) is 4.39 Å². The fourth-order valence-corrected chi connectivity index (χ4v) is 2.92. The van der Waals surface area contributed by atoms with Crippen LogP contribution in [0.1, 0.15) is 11.1 Å². The first-order valence-corrected chi connectivity index (χ1v) is 7.80. The van der Waals surface area contributed by atoms with Crippen LogP contribution < -0.4 is 5.73 Å². The van der Waals surface area contributed by atoms with E-state index >= 15 is 0 Å². The van der Waals surface area contributed by atoms with E-state index in [1.165, 1.54) is 16.5 Å². The van der Waals surface area contributed by atoms with E-state index in [4.69, 9.17) is 17.3 Å². The highest BCUT2D eigenvalue weighted by Crippen LogP contribution is 2.21. The van der Waals surface area contributed by atoms with Crippen LogP contribution in [-0.4, -0.2) is 11.8 Å². The molecule has 0 fully saturated rings. The van der Waals surface area contributed by atoms with Gasteiger partial charge < -0.3 is 5.73 Å². The molecule has 0 spiro atoms. The zero-order chi connectivity index (χ0) is 14.5. The van der Waals surface area contributed by atoms with Crippen LogP contribution in [0.2, 0.25) is 5.02 Å². The van der Waals surface area contributed by atoms with Crippen LogP contribution in [0.25, 0.3) is 0 Å². The van der Waals surface area contributed by atoms with Crippen LogP contribution in [-0.2, 0) is 6.42 Å². The molecule has 1 unspecified atom stereocenters. The van der Waals surface area contributed by atoms with Gasteiger partial charge in [-0.15, -0.1) is 11.8 Å². The predicted octanol–water partition coefficient (Wildman–Crippen LogP) is 4.45.